The van der Waals surface area contributed by atoms with Gasteiger partial charge in [0.15, 0.2) is 0 Å². The number of carbonyl (C=O) groups excluding carboxylic acids is 1. The average Bonchev–Trinajstić information content (AvgIpc) is 2.70. The van der Waals surface area contributed by atoms with Crippen LogP contribution < -0.4 is 4.74 Å². The van der Waals surface area contributed by atoms with Crippen LogP contribution in [0.1, 0.15) is 94.3 Å². The minimum atomic E-state index is -0.326. The molecule has 0 aromatic heterocycles. The van der Waals surface area contributed by atoms with E-state index in [-0.39, 0.29) is 5.97 Å². The van der Waals surface area contributed by atoms with Crippen LogP contribution in [0.2, 0.25) is 0 Å². The Bertz CT molecular complexity index is 505. The van der Waals surface area contributed by atoms with Gasteiger partial charge in [-0.25, -0.2) is 4.79 Å². The van der Waals surface area contributed by atoms with Crippen molar-refractivity contribution in [3.8, 4) is 5.75 Å². The summed E-state index contributed by atoms with van der Waals surface area (Å²) in [6.45, 7) is 2.84. The lowest BCUT2D eigenvalue weighted by Gasteiger charge is -2.04. The largest absolute Gasteiger partial charge is 0.490 e. The SMILES string of the molecule is CCCCCCCCCCCCC/C=C\COc1ccc(C(=O)OC)cc1. The normalized spacial score (nSPS) is 11.0. The Morgan fingerprint density at radius 2 is 1.37 bits per heavy atom. The van der Waals surface area contributed by atoms with E-state index in [0.29, 0.717) is 12.2 Å². The van der Waals surface area contributed by atoms with Crippen molar-refractivity contribution in [3.63, 3.8) is 0 Å². The number of unbranched alkanes of at least 4 members (excludes halogenated alkanes) is 11. The average molecular weight is 375 g/mol. The second kappa shape index (κ2) is 16.4. The Kier molecular flexibility index (Phi) is 14.1. The van der Waals surface area contributed by atoms with Crippen LogP contribution in [0.3, 0.4) is 0 Å². The fourth-order valence-electron chi connectivity index (χ4n) is 3.06. The van der Waals surface area contributed by atoms with E-state index >= 15 is 0 Å². The van der Waals surface area contributed by atoms with E-state index in [9.17, 15) is 4.79 Å². The predicted molar refractivity (Wildman–Crippen MR) is 113 cm³/mol. The molecule has 0 bridgehead atoms. The van der Waals surface area contributed by atoms with E-state index in [1.165, 1.54) is 77.7 Å². The summed E-state index contributed by atoms with van der Waals surface area (Å²) in [7, 11) is 1.38. The number of benzene rings is 1. The summed E-state index contributed by atoms with van der Waals surface area (Å²) in [5.74, 6) is 0.440. The standard InChI is InChI=1S/C24H38O3/c1-3-4-5-6-7-8-9-10-11-12-13-14-15-16-21-27-23-19-17-22(18-20-23)24(25)26-2/h15-20H,3-14,21H2,1-2H3/b16-15-. The van der Waals surface area contributed by atoms with Gasteiger partial charge in [0.25, 0.3) is 0 Å². The van der Waals surface area contributed by atoms with Crippen molar-refractivity contribution in [1.82, 2.24) is 0 Å². The maximum absolute atomic E-state index is 11.4. The zero-order chi connectivity index (χ0) is 19.6. The fraction of sp³-hybridized carbons (Fsp3) is 0.625. The molecule has 0 heterocycles. The van der Waals surface area contributed by atoms with E-state index in [4.69, 9.17) is 4.74 Å². The van der Waals surface area contributed by atoms with Gasteiger partial charge in [0, 0.05) is 0 Å². The number of rotatable bonds is 16. The lowest BCUT2D eigenvalue weighted by atomic mass is 10.1. The molecule has 0 N–H and O–H groups in total. The first-order valence-corrected chi connectivity index (χ1v) is 10.7. The lowest BCUT2D eigenvalue weighted by molar-refractivity contribution is 0.0600. The molecule has 0 fully saturated rings. The molecule has 1 aromatic rings. The highest BCUT2D eigenvalue weighted by Crippen LogP contribution is 2.14. The number of hydrogen-bond donors (Lipinski definition) is 0. The highest BCUT2D eigenvalue weighted by molar-refractivity contribution is 5.89. The van der Waals surface area contributed by atoms with Crippen LogP contribution in [0.4, 0.5) is 0 Å². The van der Waals surface area contributed by atoms with Gasteiger partial charge in [-0.15, -0.1) is 0 Å². The molecule has 0 saturated heterocycles. The maximum atomic E-state index is 11.4. The van der Waals surface area contributed by atoms with Crippen LogP contribution in [0.5, 0.6) is 5.75 Å². The molecule has 27 heavy (non-hydrogen) atoms. The van der Waals surface area contributed by atoms with Crippen molar-refractivity contribution in [3.05, 3.63) is 42.0 Å². The summed E-state index contributed by atoms with van der Waals surface area (Å²) >= 11 is 0. The molecule has 3 heteroatoms. The Morgan fingerprint density at radius 3 is 1.93 bits per heavy atom. The molecule has 152 valence electrons. The number of esters is 1. The van der Waals surface area contributed by atoms with E-state index < -0.39 is 0 Å². The Balaban J connectivity index is 1.93. The summed E-state index contributed by atoms with van der Waals surface area (Å²) in [6, 6.07) is 7.03. The number of hydrogen-bond acceptors (Lipinski definition) is 3. The van der Waals surface area contributed by atoms with Gasteiger partial charge in [-0.2, -0.15) is 0 Å². The molecular weight excluding hydrogens is 336 g/mol. The van der Waals surface area contributed by atoms with Gasteiger partial charge < -0.3 is 9.47 Å². The molecule has 0 amide bonds. The van der Waals surface area contributed by atoms with Crippen LogP contribution >= 0.6 is 0 Å². The van der Waals surface area contributed by atoms with Crippen molar-refractivity contribution in [2.75, 3.05) is 13.7 Å². The number of methoxy groups -OCH3 is 1. The van der Waals surface area contributed by atoms with Crippen molar-refractivity contribution >= 4 is 5.97 Å². The maximum Gasteiger partial charge on any atom is 0.337 e. The Hall–Kier alpha value is -1.77. The van der Waals surface area contributed by atoms with Gasteiger partial charge in [-0.3, -0.25) is 0 Å². The van der Waals surface area contributed by atoms with Gasteiger partial charge in [0.2, 0.25) is 0 Å². The van der Waals surface area contributed by atoms with Crippen LogP contribution in [0.15, 0.2) is 36.4 Å². The molecule has 1 rings (SSSR count). The van der Waals surface area contributed by atoms with E-state index in [0.717, 1.165) is 12.2 Å². The molecule has 0 aliphatic rings. The third kappa shape index (κ3) is 12.3. The predicted octanol–water partition coefficient (Wildman–Crippen LogP) is 7.11. The quantitative estimate of drug-likeness (QED) is 0.176. The van der Waals surface area contributed by atoms with Gasteiger partial charge >= 0.3 is 5.97 Å². The number of allylic oxidation sites excluding steroid dienone is 1. The molecule has 0 spiro atoms. The van der Waals surface area contributed by atoms with E-state index in [1.807, 2.05) is 0 Å². The summed E-state index contributed by atoms with van der Waals surface area (Å²) in [4.78, 5) is 11.4. The molecule has 0 atom stereocenters. The summed E-state index contributed by atoms with van der Waals surface area (Å²) in [5.41, 5.74) is 0.539. The minimum absolute atomic E-state index is 0.326. The van der Waals surface area contributed by atoms with Crippen LogP contribution in [-0.4, -0.2) is 19.7 Å². The first kappa shape index (κ1) is 23.3. The third-order valence-electron chi connectivity index (χ3n) is 4.76. The minimum Gasteiger partial charge on any atom is -0.490 e. The van der Waals surface area contributed by atoms with Gasteiger partial charge in [0.1, 0.15) is 12.4 Å². The summed E-state index contributed by atoms with van der Waals surface area (Å²) in [5, 5.41) is 0. The fourth-order valence-corrected chi connectivity index (χ4v) is 3.06. The molecule has 0 aliphatic heterocycles. The molecule has 0 radical (unpaired) electrons. The summed E-state index contributed by atoms with van der Waals surface area (Å²) < 4.78 is 10.3. The molecule has 1 aromatic carbocycles. The zero-order valence-electron chi connectivity index (χ0n) is 17.4. The third-order valence-corrected chi connectivity index (χ3v) is 4.76. The topological polar surface area (TPSA) is 35.5 Å². The van der Waals surface area contributed by atoms with Gasteiger partial charge in [-0.05, 0) is 37.1 Å². The molecule has 3 nitrogen and oxygen atoms in total. The Labute approximate surface area is 166 Å². The smallest absolute Gasteiger partial charge is 0.337 e. The van der Waals surface area contributed by atoms with Crippen molar-refractivity contribution in [2.24, 2.45) is 0 Å². The van der Waals surface area contributed by atoms with Crippen molar-refractivity contribution < 1.29 is 14.3 Å². The molecule has 0 saturated carbocycles. The lowest BCUT2D eigenvalue weighted by Crippen LogP contribution is -2.01. The monoisotopic (exact) mass is 374 g/mol. The highest BCUT2D eigenvalue weighted by atomic mass is 16.5. The van der Waals surface area contributed by atoms with E-state index in [1.54, 1.807) is 24.3 Å². The summed E-state index contributed by atoms with van der Waals surface area (Å²) in [6.07, 6.45) is 20.6. The van der Waals surface area contributed by atoms with Crippen molar-refractivity contribution in [2.45, 2.75) is 84.0 Å². The van der Waals surface area contributed by atoms with Gasteiger partial charge in [0.05, 0.1) is 12.7 Å². The first-order valence-electron chi connectivity index (χ1n) is 10.7. The second-order valence-electron chi connectivity index (χ2n) is 7.12. The highest BCUT2D eigenvalue weighted by Gasteiger charge is 2.04. The van der Waals surface area contributed by atoms with E-state index in [2.05, 4.69) is 23.8 Å². The molecular formula is C24H38O3. The zero-order valence-corrected chi connectivity index (χ0v) is 17.4. The molecule has 0 unspecified atom stereocenters. The van der Waals surface area contributed by atoms with Crippen LogP contribution in [-0.2, 0) is 4.74 Å². The molecule has 0 aliphatic carbocycles. The Morgan fingerprint density at radius 1 is 0.815 bits per heavy atom. The number of ether oxygens (including phenoxy) is 2. The van der Waals surface area contributed by atoms with Gasteiger partial charge in [-0.1, -0.05) is 83.3 Å². The van der Waals surface area contributed by atoms with Crippen LogP contribution in [0, 0.1) is 0 Å². The van der Waals surface area contributed by atoms with Crippen LogP contribution in [0.25, 0.3) is 0 Å². The second-order valence-corrected chi connectivity index (χ2v) is 7.12. The number of carbonyl (C=O) groups is 1. The van der Waals surface area contributed by atoms with Crippen molar-refractivity contribution in [1.29, 1.82) is 0 Å². The first-order chi connectivity index (χ1) is 13.3.